The maximum atomic E-state index is 13.1. The Morgan fingerprint density at radius 1 is 1.06 bits per heavy atom. The van der Waals surface area contributed by atoms with Gasteiger partial charge < -0.3 is 15.3 Å². The van der Waals surface area contributed by atoms with Crippen LogP contribution in [0.25, 0.3) is 0 Å². The highest BCUT2D eigenvalue weighted by atomic mass is 19.4. The van der Waals surface area contributed by atoms with Crippen LogP contribution >= 0.6 is 0 Å². The maximum absolute atomic E-state index is 13.1. The van der Waals surface area contributed by atoms with Gasteiger partial charge in [-0.25, -0.2) is 0 Å². The summed E-state index contributed by atoms with van der Waals surface area (Å²) in [4.78, 5) is 0. The Hall–Kier alpha value is -0.980. The van der Waals surface area contributed by atoms with E-state index in [4.69, 9.17) is 8.22 Å². The fourth-order valence-corrected chi connectivity index (χ4v) is 5.64. The minimum Gasteiger partial charge on any atom is -0.393 e. The number of aliphatic hydroxyl groups excluding tert-OH is 1. The van der Waals surface area contributed by atoms with Crippen LogP contribution in [0.5, 0.6) is 0 Å². The van der Waals surface area contributed by atoms with Crippen LogP contribution in [0.1, 0.15) is 86.6 Å². The Morgan fingerprint density at radius 2 is 1.69 bits per heavy atom. The number of fused-ring (bicyclic) bond motifs is 1. The third-order valence-corrected chi connectivity index (χ3v) is 7.30. The molecule has 0 bridgehead atoms. The van der Waals surface area contributed by atoms with Gasteiger partial charge in [0.15, 0.2) is 0 Å². The monoisotopic (exact) mass is 478 g/mol. The first kappa shape index (κ1) is 19.3. The molecule has 5 atom stereocenters. The van der Waals surface area contributed by atoms with Crippen molar-refractivity contribution >= 4 is 0 Å². The SMILES string of the molecule is [2H]C([2H])([2H])C(O)(CCC[C@H](CC#CC(O)(C(F)(F)F)C(F)(F)F)[C@H]1CC[C@H]2[C@@H](O)CCC[C@]12C)C([2H])([2H])[2H]. The minimum atomic E-state index is -6.11. The molecular formula is C23H34F6O3. The Labute approximate surface area is 194 Å². The zero-order valence-corrected chi connectivity index (χ0v) is 17.8. The van der Waals surface area contributed by atoms with Gasteiger partial charge in [-0.1, -0.05) is 25.7 Å². The first-order chi connectivity index (χ1) is 16.9. The summed E-state index contributed by atoms with van der Waals surface area (Å²) in [7, 11) is 0. The van der Waals surface area contributed by atoms with Crippen molar-refractivity contribution in [1.82, 2.24) is 0 Å². The second-order valence-corrected chi connectivity index (χ2v) is 9.48. The fraction of sp³-hybridized carbons (Fsp3) is 0.913. The summed E-state index contributed by atoms with van der Waals surface area (Å²) >= 11 is 0. The number of halogens is 6. The van der Waals surface area contributed by atoms with E-state index >= 15 is 0 Å². The highest BCUT2D eigenvalue weighted by Gasteiger charge is 2.70. The zero-order chi connectivity index (χ0) is 29.6. The first-order valence-electron chi connectivity index (χ1n) is 13.7. The first-order valence-corrected chi connectivity index (χ1v) is 10.7. The number of alkyl halides is 6. The number of hydrogen-bond acceptors (Lipinski definition) is 3. The lowest BCUT2D eigenvalue weighted by Crippen LogP contribution is -2.55. The average molecular weight is 479 g/mol. The topological polar surface area (TPSA) is 60.7 Å². The maximum Gasteiger partial charge on any atom is 0.438 e. The molecule has 0 amide bonds. The van der Waals surface area contributed by atoms with Crippen LogP contribution in [0.4, 0.5) is 26.3 Å². The third-order valence-electron chi connectivity index (χ3n) is 7.30. The quantitative estimate of drug-likeness (QED) is 0.355. The molecule has 0 saturated heterocycles. The fourth-order valence-electron chi connectivity index (χ4n) is 5.64. The zero-order valence-electron chi connectivity index (χ0n) is 23.8. The van der Waals surface area contributed by atoms with Gasteiger partial charge in [-0.15, -0.1) is 0 Å². The van der Waals surface area contributed by atoms with Crippen molar-refractivity contribution in [1.29, 1.82) is 0 Å². The lowest BCUT2D eigenvalue weighted by atomic mass is 9.60. The highest BCUT2D eigenvalue weighted by molar-refractivity contribution is 5.21. The molecule has 0 aromatic rings. The second kappa shape index (κ2) is 9.34. The molecule has 32 heavy (non-hydrogen) atoms. The summed E-state index contributed by atoms with van der Waals surface area (Å²) in [5.41, 5.74) is -8.82. The lowest BCUT2D eigenvalue weighted by molar-refractivity contribution is -0.343. The van der Waals surface area contributed by atoms with E-state index in [1.54, 1.807) is 0 Å². The molecule has 0 aromatic heterocycles. The Morgan fingerprint density at radius 3 is 2.25 bits per heavy atom. The van der Waals surface area contributed by atoms with Crippen molar-refractivity contribution in [3.63, 3.8) is 0 Å². The number of hydrogen-bond donors (Lipinski definition) is 3. The number of rotatable bonds is 6. The predicted molar refractivity (Wildman–Crippen MR) is 107 cm³/mol. The van der Waals surface area contributed by atoms with Crippen molar-refractivity contribution in [3.8, 4) is 11.8 Å². The summed E-state index contributed by atoms with van der Waals surface area (Å²) in [5, 5.41) is 30.4. The highest BCUT2D eigenvalue weighted by Crippen LogP contribution is 2.58. The molecule has 9 heteroatoms. The molecule has 2 saturated carbocycles. The van der Waals surface area contributed by atoms with Crippen molar-refractivity contribution < 1.29 is 49.9 Å². The van der Waals surface area contributed by atoms with E-state index in [1.165, 1.54) is 0 Å². The molecule has 2 rings (SSSR count). The molecule has 2 aliphatic carbocycles. The van der Waals surface area contributed by atoms with Gasteiger partial charge in [0.2, 0.25) is 0 Å². The molecule has 2 fully saturated rings. The summed E-state index contributed by atoms with van der Waals surface area (Å²) in [6.45, 7) is -4.66. The van der Waals surface area contributed by atoms with Crippen molar-refractivity contribution in [2.45, 2.75) is 108 Å². The lowest BCUT2D eigenvalue weighted by Gasteiger charge is -2.45. The molecule has 0 radical (unpaired) electrons. The predicted octanol–water partition coefficient (Wildman–Crippen LogP) is 5.37. The number of aliphatic hydroxyl groups is 3. The van der Waals surface area contributed by atoms with Crippen molar-refractivity contribution in [2.24, 2.45) is 23.2 Å². The third kappa shape index (κ3) is 5.74. The van der Waals surface area contributed by atoms with Gasteiger partial charge in [-0.3, -0.25) is 0 Å². The van der Waals surface area contributed by atoms with Crippen LogP contribution in [0, 0.1) is 35.0 Å². The molecule has 3 nitrogen and oxygen atoms in total. The largest absolute Gasteiger partial charge is 0.438 e. The Kier molecular flexibility index (Phi) is 5.65. The van der Waals surface area contributed by atoms with Gasteiger partial charge in [0.25, 0.3) is 0 Å². The molecule has 2 aliphatic rings. The van der Waals surface area contributed by atoms with Crippen molar-refractivity contribution in [3.05, 3.63) is 0 Å². The molecule has 0 aliphatic heterocycles. The summed E-state index contributed by atoms with van der Waals surface area (Å²) in [6.07, 6.45) is -11.4. The molecule has 3 N–H and O–H groups in total. The van der Waals surface area contributed by atoms with Gasteiger partial charge in [0, 0.05) is 14.6 Å². The van der Waals surface area contributed by atoms with Gasteiger partial charge >= 0.3 is 18.0 Å². The van der Waals surface area contributed by atoms with E-state index in [9.17, 15) is 41.7 Å². The van der Waals surface area contributed by atoms with E-state index in [2.05, 4.69) is 0 Å². The van der Waals surface area contributed by atoms with Crippen LogP contribution in [0.15, 0.2) is 0 Å². The summed E-state index contributed by atoms with van der Waals surface area (Å²) in [6, 6.07) is 0. The van der Waals surface area contributed by atoms with Gasteiger partial charge in [0.1, 0.15) is 0 Å². The van der Waals surface area contributed by atoms with E-state index in [1.807, 2.05) is 12.8 Å². The summed E-state index contributed by atoms with van der Waals surface area (Å²) < 4.78 is 123. The molecule has 0 heterocycles. The van der Waals surface area contributed by atoms with Crippen LogP contribution in [-0.2, 0) is 0 Å². The standard InChI is InChI=1S/C23H34F6O3/c1-19(2,31)12-4-7-15(8-5-14-21(32,22(24,25)26)23(27,28)29)16-10-11-17-18(30)9-6-13-20(16,17)3/h15-18,30-32H,4,6-13H2,1-3H3/t15-,16-,17+,18+,20-/m1/s1/i1D3,2D3. The van der Waals surface area contributed by atoms with E-state index in [-0.39, 0.29) is 24.7 Å². The van der Waals surface area contributed by atoms with E-state index in [0.29, 0.717) is 32.1 Å². The molecule has 0 aromatic carbocycles. The van der Waals surface area contributed by atoms with Gasteiger partial charge in [-0.05, 0) is 81.3 Å². The average Bonchev–Trinajstić information content (AvgIpc) is 3.07. The van der Waals surface area contributed by atoms with Crippen LogP contribution in [-0.4, -0.2) is 45.0 Å². The van der Waals surface area contributed by atoms with E-state index in [0.717, 1.165) is 5.92 Å². The Bertz CT molecular complexity index is 864. The second-order valence-electron chi connectivity index (χ2n) is 9.48. The van der Waals surface area contributed by atoms with E-state index < -0.39 is 67.5 Å². The van der Waals surface area contributed by atoms with Crippen LogP contribution < -0.4 is 0 Å². The molecule has 186 valence electrons. The Balaban J connectivity index is 2.38. The smallest absolute Gasteiger partial charge is 0.393 e. The molecular weight excluding hydrogens is 438 g/mol. The van der Waals surface area contributed by atoms with Gasteiger partial charge in [-0.2, -0.15) is 26.3 Å². The van der Waals surface area contributed by atoms with Crippen LogP contribution in [0.3, 0.4) is 0 Å². The molecule has 0 spiro atoms. The minimum absolute atomic E-state index is 0.0390. The summed E-state index contributed by atoms with van der Waals surface area (Å²) in [5.74, 6) is 1.64. The molecule has 0 unspecified atom stereocenters. The normalized spacial score (nSPS) is 34.0. The van der Waals surface area contributed by atoms with Gasteiger partial charge in [0.05, 0.1) is 11.7 Å². The van der Waals surface area contributed by atoms with Crippen molar-refractivity contribution in [2.75, 3.05) is 0 Å². The van der Waals surface area contributed by atoms with Crippen LogP contribution in [0.2, 0.25) is 0 Å².